The summed E-state index contributed by atoms with van der Waals surface area (Å²) in [6, 6.07) is 0.857. The molecule has 0 bridgehead atoms. The lowest BCUT2D eigenvalue weighted by molar-refractivity contribution is -0.141. The zero-order valence-corrected chi connectivity index (χ0v) is 14.4. The van der Waals surface area contributed by atoms with Crippen LogP contribution in [0.15, 0.2) is 0 Å². The quantitative estimate of drug-likeness (QED) is 0.861. The topological polar surface area (TPSA) is 32.3 Å². The molecule has 122 valence electrons. The summed E-state index contributed by atoms with van der Waals surface area (Å²) in [5.74, 6) is 1.99. The van der Waals surface area contributed by atoms with Gasteiger partial charge >= 0.3 is 0 Å². The molecule has 1 N–H and O–H groups in total. The number of nitrogens with one attached hydrogen (secondary N) is 1. The molecule has 1 aliphatic carbocycles. The largest absolute Gasteiger partial charge is 0.337 e. The van der Waals surface area contributed by atoms with E-state index in [4.69, 9.17) is 0 Å². The van der Waals surface area contributed by atoms with Gasteiger partial charge in [0.05, 0.1) is 0 Å². The fourth-order valence-corrected chi connectivity index (χ4v) is 3.88. The molecule has 1 aliphatic heterocycles. The van der Waals surface area contributed by atoms with Crippen LogP contribution in [-0.4, -0.2) is 36.0 Å². The Balaban J connectivity index is 2.05. The Morgan fingerprint density at radius 3 is 2.38 bits per heavy atom. The van der Waals surface area contributed by atoms with Gasteiger partial charge in [-0.15, -0.1) is 0 Å². The van der Waals surface area contributed by atoms with Gasteiger partial charge in [-0.2, -0.15) is 0 Å². The molecule has 0 spiro atoms. The molecule has 3 nitrogen and oxygen atoms in total. The molecule has 0 aromatic heterocycles. The van der Waals surface area contributed by atoms with E-state index in [0.717, 1.165) is 32.4 Å². The van der Waals surface area contributed by atoms with E-state index in [1.54, 1.807) is 0 Å². The standard InChI is InChI=1S/C18H34N2O/c1-13(2)10-16-11-19-17(14(3)4)12-20(16)18(21)15-8-6-5-7-9-15/h13-17,19H,5-12H2,1-4H3. The van der Waals surface area contributed by atoms with Crippen molar-refractivity contribution >= 4 is 5.91 Å². The molecule has 2 unspecified atom stereocenters. The van der Waals surface area contributed by atoms with Gasteiger partial charge in [0.1, 0.15) is 0 Å². The molecule has 3 heteroatoms. The molecule has 2 rings (SSSR count). The van der Waals surface area contributed by atoms with Crippen LogP contribution in [0.5, 0.6) is 0 Å². The first-order valence-corrected chi connectivity index (χ1v) is 9.03. The van der Waals surface area contributed by atoms with Crippen LogP contribution in [0.1, 0.15) is 66.2 Å². The normalized spacial score (nSPS) is 28.4. The Kier molecular flexibility index (Phi) is 6.09. The third kappa shape index (κ3) is 4.45. The summed E-state index contributed by atoms with van der Waals surface area (Å²) in [6.07, 6.45) is 7.15. The monoisotopic (exact) mass is 294 g/mol. The minimum Gasteiger partial charge on any atom is -0.337 e. The number of carbonyl (C=O) groups is 1. The lowest BCUT2D eigenvalue weighted by atomic mass is 9.86. The van der Waals surface area contributed by atoms with Gasteiger partial charge in [-0.05, 0) is 31.1 Å². The highest BCUT2D eigenvalue weighted by Gasteiger charge is 2.35. The summed E-state index contributed by atoms with van der Waals surface area (Å²) in [7, 11) is 0. The maximum Gasteiger partial charge on any atom is 0.226 e. The lowest BCUT2D eigenvalue weighted by Gasteiger charge is -2.44. The van der Waals surface area contributed by atoms with Crippen molar-refractivity contribution < 1.29 is 4.79 Å². The number of piperazine rings is 1. The van der Waals surface area contributed by atoms with Crippen LogP contribution in [0.25, 0.3) is 0 Å². The van der Waals surface area contributed by atoms with Gasteiger partial charge in [0, 0.05) is 31.1 Å². The van der Waals surface area contributed by atoms with E-state index in [0.29, 0.717) is 35.7 Å². The average Bonchev–Trinajstić information content (AvgIpc) is 2.47. The minimum atomic E-state index is 0.305. The van der Waals surface area contributed by atoms with Crippen LogP contribution in [-0.2, 0) is 4.79 Å². The van der Waals surface area contributed by atoms with Crippen molar-refractivity contribution in [1.29, 1.82) is 0 Å². The van der Waals surface area contributed by atoms with E-state index < -0.39 is 0 Å². The molecule has 0 aromatic rings. The molecule has 1 amide bonds. The second kappa shape index (κ2) is 7.62. The predicted octanol–water partition coefficient (Wildman–Crippen LogP) is 3.44. The first kappa shape index (κ1) is 16.8. The molecule has 0 radical (unpaired) electrons. The molecule has 21 heavy (non-hydrogen) atoms. The van der Waals surface area contributed by atoms with Gasteiger partial charge in [-0.3, -0.25) is 4.79 Å². The maximum absolute atomic E-state index is 13.0. The Morgan fingerprint density at radius 1 is 1.14 bits per heavy atom. The van der Waals surface area contributed by atoms with Crippen LogP contribution in [0, 0.1) is 17.8 Å². The van der Waals surface area contributed by atoms with Crippen LogP contribution in [0.3, 0.4) is 0 Å². The van der Waals surface area contributed by atoms with Gasteiger partial charge in [-0.25, -0.2) is 0 Å². The summed E-state index contributed by atoms with van der Waals surface area (Å²) in [5.41, 5.74) is 0. The molecule has 1 saturated heterocycles. The molecule has 1 saturated carbocycles. The summed E-state index contributed by atoms with van der Waals surface area (Å²) in [5, 5.41) is 3.67. The fraction of sp³-hybridized carbons (Fsp3) is 0.944. The van der Waals surface area contributed by atoms with E-state index in [9.17, 15) is 4.79 Å². The first-order valence-electron chi connectivity index (χ1n) is 9.03. The highest BCUT2D eigenvalue weighted by molar-refractivity contribution is 5.79. The summed E-state index contributed by atoms with van der Waals surface area (Å²) >= 11 is 0. The van der Waals surface area contributed by atoms with Gasteiger partial charge in [0.25, 0.3) is 0 Å². The maximum atomic E-state index is 13.0. The summed E-state index contributed by atoms with van der Waals surface area (Å²) < 4.78 is 0. The van der Waals surface area contributed by atoms with E-state index in [1.807, 2.05) is 0 Å². The number of nitrogens with zero attached hydrogens (tertiary/aromatic N) is 1. The van der Waals surface area contributed by atoms with Crippen LogP contribution < -0.4 is 5.32 Å². The second-order valence-corrected chi connectivity index (χ2v) is 7.87. The number of amides is 1. The number of hydrogen-bond acceptors (Lipinski definition) is 2. The number of hydrogen-bond donors (Lipinski definition) is 1. The summed E-state index contributed by atoms with van der Waals surface area (Å²) in [4.78, 5) is 15.3. The van der Waals surface area contributed by atoms with Crippen molar-refractivity contribution in [2.75, 3.05) is 13.1 Å². The average molecular weight is 294 g/mol. The SMILES string of the molecule is CC(C)CC1CNC(C(C)C)CN1C(=O)C1CCCCC1. The van der Waals surface area contributed by atoms with Crippen molar-refractivity contribution in [1.82, 2.24) is 10.2 Å². The van der Waals surface area contributed by atoms with Crippen LogP contribution in [0.4, 0.5) is 0 Å². The Hall–Kier alpha value is -0.570. The molecular formula is C18H34N2O. The Labute approximate surface area is 130 Å². The van der Waals surface area contributed by atoms with Gasteiger partial charge in [-0.1, -0.05) is 47.0 Å². The van der Waals surface area contributed by atoms with Crippen molar-refractivity contribution in [2.45, 2.75) is 78.3 Å². The van der Waals surface area contributed by atoms with Gasteiger partial charge < -0.3 is 10.2 Å². The minimum absolute atomic E-state index is 0.305. The molecule has 2 fully saturated rings. The van der Waals surface area contributed by atoms with Crippen molar-refractivity contribution in [2.24, 2.45) is 17.8 Å². The molecule has 0 aromatic carbocycles. The fourth-order valence-electron chi connectivity index (χ4n) is 3.88. The first-order chi connectivity index (χ1) is 9.99. The van der Waals surface area contributed by atoms with Gasteiger partial charge in [0.15, 0.2) is 0 Å². The van der Waals surface area contributed by atoms with Gasteiger partial charge in [0.2, 0.25) is 5.91 Å². The third-order valence-corrected chi connectivity index (χ3v) is 5.24. The second-order valence-electron chi connectivity index (χ2n) is 7.87. The summed E-state index contributed by atoms with van der Waals surface area (Å²) in [6.45, 7) is 10.9. The smallest absolute Gasteiger partial charge is 0.226 e. The predicted molar refractivity (Wildman–Crippen MR) is 88.2 cm³/mol. The van der Waals surface area contributed by atoms with Crippen molar-refractivity contribution in [3.63, 3.8) is 0 Å². The molecule has 2 aliphatic rings. The van der Waals surface area contributed by atoms with Crippen LogP contribution in [0.2, 0.25) is 0 Å². The van der Waals surface area contributed by atoms with Crippen molar-refractivity contribution in [3.8, 4) is 0 Å². The highest BCUT2D eigenvalue weighted by atomic mass is 16.2. The van der Waals surface area contributed by atoms with E-state index in [-0.39, 0.29) is 0 Å². The zero-order chi connectivity index (χ0) is 15.4. The van der Waals surface area contributed by atoms with E-state index in [2.05, 4.69) is 37.9 Å². The van der Waals surface area contributed by atoms with Crippen LogP contribution >= 0.6 is 0 Å². The van der Waals surface area contributed by atoms with Crippen molar-refractivity contribution in [3.05, 3.63) is 0 Å². The number of rotatable bonds is 4. The zero-order valence-electron chi connectivity index (χ0n) is 14.4. The molecular weight excluding hydrogens is 260 g/mol. The lowest BCUT2D eigenvalue weighted by Crippen LogP contribution is -2.61. The van der Waals surface area contributed by atoms with E-state index >= 15 is 0 Å². The molecule has 2 atom stereocenters. The third-order valence-electron chi connectivity index (χ3n) is 5.24. The number of carbonyl (C=O) groups excluding carboxylic acids is 1. The Morgan fingerprint density at radius 2 is 1.81 bits per heavy atom. The Bertz CT molecular complexity index is 334. The molecule has 1 heterocycles. The highest BCUT2D eigenvalue weighted by Crippen LogP contribution is 2.28. The van der Waals surface area contributed by atoms with E-state index in [1.165, 1.54) is 19.3 Å².